The van der Waals surface area contributed by atoms with Crippen LogP contribution in [0.3, 0.4) is 0 Å². The van der Waals surface area contributed by atoms with Gasteiger partial charge in [0.15, 0.2) is 0 Å². The Hall–Kier alpha value is -0.940. The number of hydrogen-bond acceptors (Lipinski definition) is 4. The lowest BCUT2D eigenvalue weighted by atomic mass is 10.1. The lowest BCUT2D eigenvalue weighted by molar-refractivity contribution is 0.0184. The van der Waals surface area contributed by atoms with E-state index in [-0.39, 0.29) is 6.61 Å². The molecule has 3 rings (SSSR count). The SMILES string of the molecule is OCc1ccc(CN2CCC(N3CCOCC3)C2)cc1. The fourth-order valence-corrected chi connectivity index (χ4v) is 3.20. The molecular formula is C16H24N2O2. The second kappa shape index (κ2) is 6.68. The van der Waals surface area contributed by atoms with Gasteiger partial charge < -0.3 is 9.84 Å². The second-order valence-electron chi connectivity index (χ2n) is 5.80. The number of nitrogens with zero attached hydrogens (tertiary/aromatic N) is 2. The zero-order valence-corrected chi connectivity index (χ0v) is 12.0. The van der Waals surface area contributed by atoms with Gasteiger partial charge in [-0.1, -0.05) is 24.3 Å². The average molecular weight is 276 g/mol. The van der Waals surface area contributed by atoms with Crippen LogP contribution in [0.1, 0.15) is 17.5 Å². The first-order chi connectivity index (χ1) is 9.85. The van der Waals surface area contributed by atoms with Crippen molar-refractivity contribution in [3.05, 3.63) is 35.4 Å². The van der Waals surface area contributed by atoms with Crippen molar-refractivity contribution in [1.29, 1.82) is 0 Å². The normalized spacial score (nSPS) is 25.1. The highest BCUT2D eigenvalue weighted by Gasteiger charge is 2.28. The largest absolute Gasteiger partial charge is 0.392 e. The van der Waals surface area contributed by atoms with Crippen molar-refractivity contribution < 1.29 is 9.84 Å². The van der Waals surface area contributed by atoms with Gasteiger partial charge in [-0.3, -0.25) is 9.80 Å². The van der Waals surface area contributed by atoms with Gasteiger partial charge in [-0.2, -0.15) is 0 Å². The van der Waals surface area contributed by atoms with E-state index in [1.165, 1.54) is 25.1 Å². The number of aliphatic hydroxyl groups excluding tert-OH is 1. The molecule has 4 nitrogen and oxygen atoms in total. The third-order valence-corrected chi connectivity index (χ3v) is 4.42. The van der Waals surface area contributed by atoms with E-state index in [9.17, 15) is 0 Å². The Balaban J connectivity index is 1.51. The first-order valence-electron chi connectivity index (χ1n) is 7.58. The maximum absolute atomic E-state index is 9.07. The van der Waals surface area contributed by atoms with Gasteiger partial charge in [0.25, 0.3) is 0 Å². The molecular weight excluding hydrogens is 252 g/mol. The Morgan fingerprint density at radius 3 is 2.45 bits per heavy atom. The molecule has 1 N–H and O–H groups in total. The van der Waals surface area contributed by atoms with Crippen LogP contribution in [0.4, 0.5) is 0 Å². The number of aliphatic hydroxyl groups is 1. The lowest BCUT2D eigenvalue weighted by Gasteiger charge is -2.32. The van der Waals surface area contributed by atoms with Crippen LogP contribution in [0.15, 0.2) is 24.3 Å². The van der Waals surface area contributed by atoms with E-state index in [2.05, 4.69) is 21.9 Å². The third-order valence-electron chi connectivity index (χ3n) is 4.42. The van der Waals surface area contributed by atoms with Crippen LogP contribution in [-0.2, 0) is 17.9 Å². The minimum absolute atomic E-state index is 0.128. The predicted molar refractivity (Wildman–Crippen MR) is 78.4 cm³/mol. The molecule has 0 aromatic heterocycles. The van der Waals surface area contributed by atoms with E-state index in [0.717, 1.165) is 38.4 Å². The molecule has 2 saturated heterocycles. The van der Waals surface area contributed by atoms with Gasteiger partial charge in [0.1, 0.15) is 0 Å². The van der Waals surface area contributed by atoms with Crippen molar-refractivity contribution in [3.63, 3.8) is 0 Å². The topological polar surface area (TPSA) is 35.9 Å². The lowest BCUT2D eigenvalue weighted by Crippen LogP contribution is -2.44. The van der Waals surface area contributed by atoms with Crippen molar-refractivity contribution in [2.24, 2.45) is 0 Å². The second-order valence-corrected chi connectivity index (χ2v) is 5.80. The first-order valence-corrected chi connectivity index (χ1v) is 7.58. The first kappa shape index (κ1) is 14.0. The van der Waals surface area contributed by atoms with Crippen LogP contribution in [0.25, 0.3) is 0 Å². The minimum atomic E-state index is 0.128. The van der Waals surface area contributed by atoms with Gasteiger partial charge in [-0.05, 0) is 17.5 Å². The summed E-state index contributed by atoms with van der Waals surface area (Å²) in [7, 11) is 0. The van der Waals surface area contributed by atoms with Gasteiger partial charge in [-0.25, -0.2) is 0 Å². The van der Waals surface area contributed by atoms with Gasteiger partial charge in [0, 0.05) is 38.8 Å². The number of benzene rings is 1. The summed E-state index contributed by atoms with van der Waals surface area (Å²) in [6, 6.07) is 9.01. The molecule has 110 valence electrons. The van der Waals surface area contributed by atoms with Crippen LogP contribution in [-0.4, -0.2) is 60.3 Å². The molecule has 0 spiro atoms. The fourth-order valence-electron chi connectivity index (χ4n) is 3.20. The Labute approximate surface area is 120 Å². The minimum Gasteiger partial charge on any atom is -0.392 e. The van der Waals surface area contributed by atoms with Crippen molar-refractivity contribution in [3.8, 4) is 0 Å². The molecule has 0 bridgehead atoms. The van der Waals surface area contributed by atoms with Crippen LogP contribution in [0.2, 0.25) is 0 Å². The van der Waals surface area contributed by atoms with Crippen LogP contribution in [0.5, 0.6) is 0 Å². The average Bonchev–Trinajstić information content (AvgIpc) is 2.97. The predicted octanol–water partition coefficient (Wildman–Crippen LogP) is 1.09. The van der Waals surface area contributed by atoms with E-state index in [4.69, 9.17) is 9.84 Å². The molecule has 2 aliphatic heterocycles. The van der Waals surface area contributed by atoms with E-state index < -0.39 is 0 Å². The number of likely N-dealkylation sites (tertiary alicyclic amines) is 1. The summed E-state index contributed by atoms with van der Waals surface area (Å²) >= 11 is 0. The standard InChI is InChI=1S/C16H24N2O2/c19-13-15-3-1-14(2-4-15)11-17-6-5-16(12-17)18-7-9-20-10-8-18/h1-4,16,19H,5-13H2. The Bertz CT molecular complexity index is 415. The summed E-state index contributed by atoms with van der Waals surface area (Å²) in [5.74, 6) is 0. The molecule has 20 heavy (non-hydrogen) atoms. The summed E-state index contributed by atoms with van der Waals surface area (Å²) in [5, 5.41) is 9.07. The van der Waals surface area contributed by atoms with Crippen molar-refractivity contribution in [2.75, 3.05) is 39.4 Å². The quantitative estimate of drug-likeness (QED) is 0.893. The fraction of sp³-hybridized carbons (Fsp3) is 0.625. The number of ether oxygens (including phenoxy) is 1. The zero-order chi connectivity index (χ0) is 13.8. The van der Waals surface area contributed by atoms with Gasteiger partial charge in [0.05, 0.1) is 19.8 Å². The van der Waals surface area contributed by atoms with E-state index in [1.54, 1.807) is 0 Å². The Kier molecular flexibility index (Phi) is 4.68. The van der Waals surface area contributed by atoms with E-state index in [1.807, 2.05) is 12.1 Å². The molecule has 1 unspecified atom stereocenters. The van der Waals surface area contributed by atoms with Gasteiger partial charge in [0.2, 0.25) is 0 Å². The zero-order valence-electron chi connectivity index (χ0n) is 12.0. The molecule has 0 saturated carbocycles. The summed E-state index contributed by atoms with van der Waals surface area (Å²) in [6.07, 6.45) is 1.27. The maximum atomic E-state index is 9.07. The molecule has 1 atom stereocenters. The highest BCUT2D eigenvalue weighted by Crippen LogP contribution is 2.19. The maximum Gasteiger partial charge on any atom is 0.0681 e. The smallest absolute Gasteiger partial charge is 0.0681 e. The number of rotatable bonds is 4. The van der Waals surface area contributed by atoms with Crippen molar-refractivity contribution in [1.82, 2.24) is 9.80 Å². The molecule has 1 aromatic carbocycles. The highest BCUT2D eigenvalue weighted by molar-refractivity contribution is 5.22. The van der Waals surface area contributed by atoms with Crippen LogP contribution >= 0.6 is 0 Å². The van der Waals surface area contributed by atoms with Gasteiger partial charge >= 0.3 is 0 Å². The summed E-state index contributed by atoms with van der Waals surface area (Å²) in [5.41, 5.74) is 2.33. The Morgan fingerprint density at radius 2 is 1.75 bits per heavy atom. The number of hydrogen-bond donors (Lipinski definition) is 1. The van der Waals surface area contributed by atoms with Crippen LogP contribution in [0, 0.1) is 0 Å². The number of morpholine rings is 1. The van der Waals surface area contributed by atoms with E-state index in [0.29, 0.717) is 6.04 Å². The molecule has 2 heterocycles. The third kappa shape index (κ3) is 3.38. The molecule has 0 aliphatic carbocycles. The molecule has 2 fully saturated rings. The highest BCUT2D eigenvalue weighted by atomic mass is 16.5. The Morgan fingerprint density at radius 1 is 1.05 bits per heavy atom. The summed E-state index contributed by atoms with van der Waals surface area (Å²) in [6.45, 7) is 7.45. The monoisotopic (exact) mass is 276 g/mol. The molecule has 2 aliphatic rings. The molecule has 0 amide bonds. The molecule has 1 aromatic rings. The van der Waals surface area contributed by atoms with Crippen molar-refractivity contribution >= 4 is 0 Å². The van der Waals surface area contributed by atoms with Crippen LogP contribution < -0.4 is 0 Å². The molecule has 4 heteroatoms. The van der Waals surface area contributed by atoms with Crippen molar-refractivity contribution in [2.45, 2.75) is 25.6 Å². The van der Waals surface area contributed by atoms with E-state index >= 15 is 0 Å². The van der Waals surface area contributed by atoms with Gasteiger partial charge in [-0.15, -0.1) is 0 Å². The summed E-state index contributed by atoms with van der Waals surface area (Å²) < 4.78 is 5.43. The summed E-state index contributed by atoms with van der Waals surface area (Å²) in [4.78, 5) is 5.12. The molecule has 0 radical (unpaired) electrons.